The van der Waals surface area contributed by atoms with Crippen molar-refractivity contribution in [2.45, 2.75) is 6.61 Å². The predicted octanol–water partition coefficient (Wildman–Crippen LogP) is 6.24. The number of benzene rings is 3. The Morgan fingerprint density at radius 3 is 2.48 bits per heavy atom. The van der Waals surface area contributed by atoms with Crippen LogP contribution >= 0.6 is 31.9 Å². The minimum atomic E-state index is 0.494. The molecule has 126 valence electrons. The Morgan fingerprint density at radius 2 is 1.68 bits per heavy atom. The maximum atomic E-state index is 5.98. The molecule has 1 N–H and O–H groups in total. The largest absolute Gasteiger partial charge is 0.488 e. The second kappa shape index (κ2) is 8.83. The Bertz CT molecular complexity index is 867. The van der Waals surface area contributed by atoms with Crippen molar-refractivity contribution in [3.8, 4) is 5.75 Å². The average Bonchev–Trinajstić information content (AvgIpc) is 2.62. The normalized spacial score (nSPS) is 10.8. The fourth-order valence-corrected chi connectivity index (χ4v) is 3.05. The van der Waals surface area contributed by atoms with E-state index in [1.54, 1.807) is 6.21 Å². The first kappa shape index (κ1) is 17.7. The lowest BCUT2D eigenvalue weighted by atomic mass is 10.2. The highest BCUT2D eigenvalue weighted by Crippen LogP contribution is 2.23. The van der Waals surface area contributed by atoms with Crippen LogP contribution in [-0.2, 0) is 6.61 Å². The predicted molar refractivity (Wildman–Crippen MR) is 110 cm³/mol. The van der Waals surface area contributed by atoms with E-state index in [-0.39, 0.29) is 0 Å². The van der Waals surface area contributed by atoms with Crippen LogP contribution in [0.4, 0.5) is 5.69 Å². The van der Waals surface area contributed by atoms with Crippen LogP contribution in [0.1, 0.15) is 11.1 Å². The molecule has 0 aliphatic carbocycles. The fourth-order valence-electron chi connectivity index (χ4n) is 2.23. The summed E-state index contributed by atoms with van der Waals surface area (Å²) in [6, 6.07) is 23.8. The van der Waals surface area contributed by atoms with Crippen molar-refractivity contribution in [3.05, 3.63) is 92.9 Å². The van der Waals surface area contributed by atoms with Crippen LogP contribution in [-0.4, -0.2) is 6.21 Å². The fraction of sp³-hybridized carbons (Fsp3) is 0.0500. The molecule has 0 atom stereocenters. The Balaban J connectivity index is 1.71. The number of anilines is 1. The van der Waals surface area contributed by atoms with Crippen LogP contribution < -0.4 is 10.2 Å². The number of hydrogen-bond donors (Lipinski definition) is 1. The lowest BCUT2D eigenvalue weighted by molar-refractivity contribution is 0.305. The van der Waals surface area contributed by atoms with Gasteiger partial charge in [-0.2, -0.15) is 5.10 Å². The van der Waals surface area contributed by atoms with Crippen molar-refractivity contribution in [2.75, 3.05) is 5.43 Å². The Kier molecular flexibility index (Phi) is 6.25. The number of hydrazone groups is 1. The van der Waals surface area contributed by atoms with Crippen molar-refractivity contribution in [2.24, 2.45) is 5.10 Å². The van der Waals surface area contributed by atoms with Crippen LogP contribution in [0.15, 0.2) is 86.8 Å². The molecule has 0 amide bonds. The Labute approximate surface area is 164 Å². The van der Waals surface area contributed by atoms with E-state index >= 15 is 0 Å². The summed E-state index contributed by atoms with van der Waals surface area (Å²) in [5.74, 6) is 0.779. The molecule has 25 heavy (non-hydrogen) atoms. The second-order valence-corrected chi connectivity index (χ2v) is 7.17. The quantitative estimate of drug-likeness (QED) is 0.349. The highest BCUT2D eigenvalue weighted by atomic mass is 79.9. The third-order valence-corrected chi connectivity index (χ3v) is 4.41. The summed E-state index contributed by atoms with van der Waals surface area (Å²) in [4.78, 5) is 0. The number of nitrogens with zero attached hydrogens (tertiary/aromatic N) is 1. The smallest absolute Gasteiger partial charge is 0.128 e. The van der Waals surface area contributed by atoms with Gasteiger partial charge in [-0.3, -0.25) is 5.43 Å². The number of hydrogen-bond acceptors (Lipinski definition) is 3. The van der Waals surface area contributed by atoms with Gasteiger partial charge in [-0.05, 0) is 48.0 Å². The summed E-state index contributed by atoms with van der Waals surface area (Å²) < 4.78 is 7.99. The molecule has 0 saturated carbocycles. The molecule has 0 fully saturated rings. The summed E-state index contributed by atoms with van der Waals surface area (Å²) in [6.07, 6.45) is 1.76. The van der Waals surface area contributed by atoms with Gasteiger partial charge in [0.15, 0.2) is 0 Å². The monoisotopic (exact) mass is 458 g/mol. The van der Waals surface area contributed by atoms with Gasteiger partial charge in [0.1, 0.15) is 12.4 Å². The van der Waals surface area contributed by atoms with E-state index in [9.17, 15) is 0 Å². The molecular weight excluding hydrogens is 444 g/mol. The molecule has 3 rings (SSSR count). The minimum Gasteiger partial charge on any atom is -0.488 e. The topological polar surface area (TPSA) is 33.6 Å². The minimum absolute atomic E-state index is 0.494. The van der Waals surface area contributed by atoms with Gasteiger partial charge in [0, 0.05) is 14.5 Å². The van der Waals surface area contributed by atoms with E-state index < -0.39 is 0 Å². The molecule has 0 spiro atoms. The SMILES string of the molecule is Brc1cccc(COc2ccc(Br)cc2C=NNc2ccccc2)c1. The van der Waals surface area contributed by atoms with Gasteiger partial charge in [-0.1, -0.05) is 62.2 Å². The maximum absolute atomic E-state index is 5.98. The third-order valence-electron chi connectivity index (χ3n) is 3.43. The van der Waals surface area contributed by atoms with Gasteiger partial charge in [0.05, 0.1) is 11.9 Å². The van der Waals surface area contributed by atoms with E-state index in [1.165, 1.54) is 0 Å². The van der Waals surface area contributed by atoms with Gasteiger partial charge in [0.2, 0.25) is 0 Å². The van der Waals surface area contributed by atoms with Gasteiger partial charge in [-0.15, -0.1) is 0 Å². The molecule has 0 radical (unpaired) electrons. The third kappa shape index (κ3) is 5.44. The standard InChI is InChI=1S/C20H16Br2N2O/c21-17-6-4-5-15(11-17)14-25-20-10-9-18(22)12-16(20)13-23-24-19-7-2-1-3-8-19/h1-13,24H,14H2. The average molecular weight is 460 g/mol. The van der Waals surface area contributed by atoms with Crippen molar-refractivity contribution < 1.29 is 4.74 Å². The van der Waals surface area contributed by atoms with Gasteiger partial charge >= 0.3 is 0 Å². The Hall–Kier alpha value is -2.11. The van der Waals surface area contributed by atoms with E-state index in [0.29, 0.717) is 6.61 Å². The zero-order chi connectivity index (χ0) is 17.5. The van der Waals surface area contributed by atoms with E-state index in [4.69, 9.17) is 4.74 Å². The van der Waals surface area contributed by atoms with Crippen LogP contribution in [0.3, 0.4) is 0 Å². The van der Waals surface area contributed by atoms with Crippen LogP contribution in [0.5, 0.6) is 5.75 Å². The molecule has 3 aromatic carbocycles. The molecule has 3 nitrogen and oxygen atoms in total. The molecule has 0 saturated heterocycles. The molecule has 0 aliphatic rings. The summed E-state index contributed by atoms with van der Waals surface area (Å²) in [5, 5.41) is 4.30. The van der Waals surface area contributed by atoms with Crippen molar-refractivity contribution in [1.29, 1.82) is 0 Å². The number of ether oxygens (including phenoxy) is 1. The van der Waals surface area contributed by atoms with Crippen molar-refractivity contribution >= 4 is 43.8 Å². The van der Waals surface area contributed by atoms with Gasteiger partial charge in [-0.25, -0.2) is 0 Å². The highest BCUT2D eigenvalue weighted by Gasteiger charge is 2.04. The highest BCUT2D eigenvalue weighted by molar-refractivity contribution is 9.10. The molecule has 0 heterocycles. The van der Waals surface area contributed by atoms with E-state index in [2.05, 4.69) is 42.4 Å². The first-order chi connectivity index (χ1) is 12.2. The lowest BCUT2D eigenvalue weighted by Crippen LogP contribution is -1.99. The second-order valence-electron chi connectivity index (χ2n) is 5.34. The lowest BCUT2D eigenvalue weighted by Gasteiger charge is -2.10. The molecule has 0 aromatic heterocycles. The zero-order valence-corrected chi connectivity index (χ0v) is 16.5. The summed E-state index contributed by atoms with van der Waals surface area (Å²) in [5.41, 5.74) is 5.94. The van der Waals surface area contributed by atoms with Gasteiger partial charge in [0.25, 0.3) is 0 Å². The summed E-state index contributed by atoms with van der Waals surface area (Å²) >= 11 is 6.97. The van der Waals surface area contributed by atoms with Crippen LogP contribution in [0, 0.1) is 0 Å². The van der Waals surface area contributed by atoms with Gasteiger partial charge < -0.3 is 4.74 Å². The van der Waals surface area contributed by atoms with E-state index in [0.717, 1.165) is 31.5 Å². The number of para-hydroxylation sites is 1. The van der Waals surface area contributed by atoms with Crippen molar-refractivity contribution in [1.82, 2.24) is 0 Å². The van der Waals surface area contributed by atoms with Crippen LogP contribution in [0.2, 0.25) is 0 Å². The first-order valence-electron chi connectivity index (χ1n) is 7.71. The maximum Gasteiger partial charge on any atom is 0.128 e. The number of halogens is 2. The van der Waals surface area contributed by atoms with Crippen LogP contribution in [0.25, 0.3) is 0 Å². The van der Waals surface area contributed by atoms with E-state index in [1.807, 2.05) is 72.8 Å². The number of rotatable bonds is 6. The molecule has 0 aliphatic heterocycles. The Morgan fingerprint density at radius 1 is 0.880 bits per heavy atom. The number of nitrogens with one attached hydrogen (secondary N) is 1. The first-order valence-corrected chi connectivity index (χ1v) is 9.30. The summed E-state index contributed by atoms with van der Waals surface area (Å²) in [6.45, 7) is 0.494. The molecule has 3 aromatic rings. The molecule has 0 bridgehead atoms. The molecule has 0 unspecified atom stereocenters. The molecule has 5 heteroatoms. The molecular formula is C20H16Br2N2O. The zero-order valence-electron chi connectivity index (χ0n) is 13.3. The summed E-state index contributed by atoms with van der Waals surface area (Å²) in [7, 11) is 0. The van der Waals surface area contributed by atoms with Crippen molar-refractivity contribution in [3.63, 3.8) is 0 Å².